The van der Waals surface area contributed by atoms with Gasteiger partial charge < -0.3 is 20.1 Å². The Morgan fingerprint density at radius 1 is 1.21 bits per heavy atom. The van der Waals surface area contributed by atoms with Crippen LogP contribution in [0.2, 0.25) is 0 Å². The van der Waals surface area contributed by atoms with E-state index in [1.54, 1.807) is 7.05 Å². The van der Waals surface area contributed by atoms with Crippen LogP contribution in [0.5, 0.6) is 11.5 Å². The summed E-state index contributed by atoms with van der Waals surface area (Å²) >= 11 is 0. The van der Waals surface area contributed by atoms with E-state index in [0.29, 0.717) is 25.6 Å². The molecular weight excluding hydrogens is 390 g/mol. The lowest BCUT2D eigenvalue weighted by Gasteiger charge is -2.32. The Bertz CT molecular complexity index is 832. The van der Waals surface area contributed by atoms with Gasteiger partial charge in [-0.2, -0.15) is 0 Å². The quantitative estimate of drug-likeness (QED) is 0.517. The standard InChI is InChI=1S/C21H33N3O4S/c1-16(8-13-29(3,25)26)24-20(22-2)23-15-21(9-4-5-10-21)17-6-7-18-19(14-17)28-12-11-27-18/h6-7,14,16H,4-5,8-13,15H2,1-3H3,(H2,22,23,24). The van der Waals surface area contributed by atoms with Crippen molar-refractivity contribution < 1.29 is 17.9 Å². The normalized spacial score (nSPS) is 19.6. The number of aliphatic imine (C=N–C) groups is 1. The Labute approximate surface area is 174 Å². The van der Waals surface area contributed by atoms with Crippen molar-refractivity contribution >= 4 is 15.8 Å². The summed E-state index contributed by atoms with van der Waals surface area (Å²) in [5, 5.41) is 6.79. The van der Waals surface area contributed by atoms with E-state index in [1.807, 2.05) is 13.0 Å². The first kappa shape index (κ1) is 21.7. The van der Waals surface area contributed by atoms with Gasteiger partial charge in [-0.15, -0.1) is 0 Å². The number of benzene rings is 1. The molecule has 8 heteroatoms. The molecule has 2 N–H and O–H groups in total. The maximum Gasteiger partial charge on any atom is 0.191 e. The van der Waals surface area contributed by atoms with E-state index in [1.165, 1.54) is 24.7 Å². The van der Waals surface area contributed by atoms with Gasteiger partial charge in [-0.3, -0.25) is 4.99 Å². The third-order valence-electron chi connectivity index (χ3n) is 5.84. The fraction of sp³-hybridized carbons (Fsp3) is 0.667. The summed E-state index contributed by atoms with van der Waals surface area (Å²) in [6.07, 6.45) is 6.44. The average molecular weight is 424 g/mol. The lowest BCUT2D eigenvalue weighted by atomic mass is 9.78. The molecule has 1 aromatic carbocycles. The second-order valence-electron chi connectivity index (χ2n) is 8.24. The van der Waals surface area contributed by atoms with Gasteiger partial charge in [0.25, 0.3) is 0 Å². The second-order valence-corrected chi connectivity index (χ2v) is 10.5. The maximum absolute atomic E-state index is 11.4. The van der Waals surface area contributed by atoms with E-state index in [-0.39, 0.29) is 17.2 Å². The van der Waals surface area contributed by atoms with Crippen molar-refractivity contribution in [3.63, 3.8) is 0 Å². The van der Waals surface area contributed by atoms with Gasteiger partial charge in [-0.1, -0.05) is 18.9 Å². The number of hydrogen-bond acceptors (Lipinski definition) is 5. The molecule has 1 aliphatic heterocycles. The molecule has 1 atom stereocenters. The topological polar surface area (TPSA) is 89.0 Å². The fourth-order valence-electron chi connectivity index (χ4n) is 4.14. The van der Waals surface area contributed by atoms with Crippen LogP contribution < -0.4 is 20.1 Å². The minimum Gasteiger partial charge on any atom is -0.486 e. The minimum absolute atomic E-state index is 0.0183. The number of hydrogen-bond donors (Lipinski definition) is 2. The van der Waals surface area contributed by atoms with Crippen LogP contribution >= 0.6 is 0 Å². The molecule has 1 saturated carbocycles. The smallest absolute Gasteiger partial charge is 0.191 e. The van der Waals surface area contributed by atoms with Crippen LogP contribution in [0.1, 0.15) is 44.6 Å². The van der Waals surface area contributed by atoms with Crippen molar-refractivity contribution in [2.45, 2.75) is 50.5 Å². The van der Waals surface area contributed by atoms with E-state index in [9.17, 15) is 8.42 Å². The van der Waals surface area contributed by atoms with Crippen LogP contribution in [0.25, 0.3) is 0 Å². The summed E-state index contributed by atoms with van der Waals surface area (Å²) in [7, 11) is -1.22. The molecule has 0 aromatic heterocycles. The highest BCUT2D eigenvalue weighted by molar-refractivity contribution is 7.90. The molecule has 1 unspecified atom stereocenters. The van der Waals surface area contributed by atoms with E-state index in [2.05, 4.69) is 27.8 Å². The summed E-state index contributed by atoms with van der Waals surface area (Å²) < 4.78 is 34.3. The molecule has 2 aliphatic rings. The fourth-order valence-corrected chi connectivity index (χ4v) is 4.92. The zero-order valence-electron chi connectivity index (χ0n) is 17.7. The molecule has 0 radical (unpaired) electrons. The second kappa shape index (κ2) is 9.24. The first-order chi connectivity index (χ1) is 13.8. The van der Waals surface area contributed by atoms with Crippen molar-refractivity contribution in [2.24, 2.45) is 4.99 Å². The molecule has 1 heterocycles. The summed E-state index contributed by atoms with van der Waals surface area (Å²) in [6.45, 7) is 3.93. The molecular formula is C21H33N3O4S. The van der Waals surface area contributed by atoms with Gasteiger partial charge in [0, 0.05) is 31.3 Å². The molecule has 1 aromatic rings. The van der Waals surface area contributed by atoms with Crippen LogP contribution in [0.3, 0.4) is 0 Å². The predicted molar refractivity (Wildman–Crippen MR) is 116 cm³/mol. The summed E-state index contributed by atoms with van der Waals surface area (Å²) in [4.78, 5) is 4.33. The minimum atomic E-state index is -2.96. The number of sulfone groups is 1. The van der Waals surface area contributed by atoms with Gasteiger partial charge in [-0.05, 0) is 43.9 Å². The van der Waals surface area contributed by atoms with Gasteiger partial charge in [-0.25, -0.2) is 8.42 Å². The van der Waals surface area contributed by atoms with Crippen molar-refractivity contribution in [1.29, 1.82) is 0 Å². The van der Waals surface area contributed by atoms with Gasteiger partial charge in [0.1, 0.15) is 23.1 Å². The lowest BCUT2D eigenvalue weighted by molar-refractivity contribution is 0.171. The number of ether oxygens (including phenoxy) is 2. The van der Waals surface area contributed by atoms with E-state index in [0.717, 1.165) is 30.9 Å². The number of rotatable bonds is 7. The molecule has 29 heavy (non-hydrogen) atoms. The number of nitrogens with one attached hydrogen (secondary N) is 2. The summed E-state index contributed by atoms with van der Waals surface area (Å²) in [5.41, 5.74) is 1.30. The van der Waals surface area contributed by atoms with E-state index < -0.39 is 9.84 Å². The molecule has 162 valence electrons. The molecule has 0 amide bonds. The maximum atomic E-state index is 11.4. The van der Waals surface area contributed by atoms with Crippen molar-refractivity contribution in [1.82, 2.24) is 10.6 Å². The van der Waals surface area contributed by atoms with Gasteiger partial charge in [0.15, 0.2) is 17.5 Å². The zero-order valence-corrected chi connectivity index (χ0v) is 18.5. The third kappa shape index (κ3) is 5.78. The van der Waals surface area contributed by atoms with Gasteiger partial charge >= 0.3 is 0 Å². The Morgan fingerprint density at radius 2 is 1.90 bits per heavy atom. The molecule has 7 nitrogen and oxygen atoms in total. The number of nitrogens with zero attached hydrogens (tertiary/aromatic N) is 1. The summed E-state index contributed by atoms with van der Waals surface area (Å²) in [6, 6.07) is 6.33. The van der Waals surface area contributed by atoms with Crippen LogP contribution in [0, 0.1) is 0 Å². The average Bonchev–Trinajstić information content (AvgIpc) is 3.19. The zero-order chi connectivity index (χ0) is 20.9. The largest absolute Gasteiger partial charge is 0.486 e. The van der Waals surface area contributed by atoms with E-state index >= 15 is 0 Å². The first-order valence-electron chi connectivity index (χ1n) is 10.4. The highest BCUT2D eigenvalue weighted by Gasteiger charge is 2.36. The van der Waals surface area contributed by atoms with Crippen molar-refractivity contribution in [3.05, 3.63) is 23.8 Å². The molecule has 0 bridgehead atoms. The molecule has 0 spiro atoms. The van der Waals surface area contributed by atoms with Crippen LogP contribution in [-0.2, 0) is 15.3 Å². The van der Waals surface area contributed by atoms with Crippen molar-refractivity contribution in [3.8, 4) is 11.5 Å². The first-order valence-corrected chi connectivity index (χ1v) is 12.4. The number of guanidine groups is 1. The van der Waals surface area contributed by atoms with Crippen LogP contribution in [0.15, 0.2) is 23.2 Å². The molecule has 1 fully saturated rings. The van der Waals surface area contributed by atoms with Crippen molar-refractivity contribution in [2.75, 3.05) is 38.8 Å². The Balaban J connectivity index is 1.65. The SMILES string of the molecule is CN=C(NCC1(c2ccc3c(c2)OCCO3)CCCC1)NC(C)CCS(C)(=O)=O. The monoisotopic (exact) mass is 423 g/mol. The Morgan fingerprint density at radius 3 is 2.55 bits per heavy atom. The van der Waals surface area contributed by atoms with Gasteiger partial charge in [0.2, 0.25) is 0 Å². The van der Waals surface area contributed by atoms with Crippen LogP contribution in [0.4, 0.5) is 0 Å². The van der Waals surface area contributed by atoms with Crippen LogP contribution in [-0.4, -0.2) is 59.2 Å². The Kier molecular flexibility index (Phi) is 6.93. The molecule has 1 aliphatic carbocycles. The lowest BCUT2D eigenvalue weighted by Crippen LogP contribution is -2.47. The molecule has 0 saturated heterocycles. The highest BCUT2D eigenvalue weighted by atomic mass is 32.2. The predicted octanol–water partition coefficient (Wildman–Crippen LogP) is 2.26. The Hall–Kier alpha value is -1.96. The van der Waals surface area contributed by atoms with E-state index in [4.69, 9.17) is 9.47 Å². The highest BCUT2D eigenvalue weighted by Crippen LogP contribution is 2.43. The molecule has 3 rings (SSSR count). The number of fused-ring (bicyclic) bond motifs is 1. The summed E-state index contributed by atoms with van der Waals surface area (Å²) in [5.74, 6) is 2.52. The van der Waals surface area contributed by atoms with Gasteiger partial charge in [0.05, 0.1) is 5.75 Å². The third-order valence-corrected chi connectivity index (χ3v) is 6.82.